The number of rotatable bonds is 4. The van der Waals surface area contributed by atoms with Crippen molar-refractivity contribution >= 4 is 6.01 Å². The monoisotopic (exact) mass is 192 g/mol. The van der Waals surface area contributed by atoms with Gasteiger partial charge < -0.3 is 14.3 Å². The van der Waals surface area contributed by atoms with Gasteiger partial charge in [0.15, 0.2) is 0 Å². The summed E-state index contributed by atoms with van der Waals surface area (Å²) in [6.45, 7) is 3.80. The lowest BCUT2D eigenvalue weighted by atomic mass is 10.3. The molecule has 0 aromatic carbocycles. The molecule has 0 amide bonds. The molecular formula is C9H12N4O. The topological polar surface area (TPSA) is 55.9 Å². The number of aromatic nitrogens is 3. The lowest BCUT2D eigenvalue weighted by molar-refractivity contribution is 0.565. The summed E-state index contributed by atoms with van der Waals surface area (Å²) in [6, 6.07) is 2.52. The van der Waals surface area contributed by atoms with Gasteiger partial charge in [-0.25, -0.2) is 0 Å². The van der Waals surface area contributed by atoms with E-state index in [1.165, 1.54) is 12.0 Å². The van der Waals surface area contributed by atoms with Crippen molar-refractivity contribution in [2.24, 2.45) is 0 Å². The normalized spacial score (nSPS) is 10.4. The molecular weight excluding hydrogens is 180 g/mol. The summed E-state index contributed by atoms with van der Waals surface area (Å²) in [7, 11) is 0. The van der Waals surface area contributed by atoms with Crippen molar-refractivity contribution in [2.75, 3.05) is 5.32 Å². The SMILES string of the molecule is CCn1ccc(CNc2nnco2)c1. The molecule has 0 spiro atoms. The highest BCUT2D eigenvalue weighted by Crippen LogP contribution is 2.05. The predicted octanol–water partition coefficient (Wildman–Crippen LogP) is 1.50. The van der Waals surface area contributed by atoms with Gasteiger partial charge in [-0.1, -0.05) is 5.10 Å². The minimum atomic E-state index is 0.453. The van der Waals surface area contributed by atoms with Gasteiger partial charge in [0, 0.05) is 25.5 Å². The largest absolute Gasteiger partial charge is 0.411 e. The van der Waals surface area contributed by atoms with E-state index in [0.717, 1.165) is 6.54 Å². The summed E-state index contributed by atoms with van der Waals surface area (Å²) >= 11 is 0. The van der Waals surface area contributed by atoms with Crippen LogP contribution in [0.2, 0.25) is 0 Å². The van der Waals surface area contributed by atoms with Crippen LogP contribution in [0.15, 0.2) is 29.3 Å². The molecule has 0 atom stereocenters. The van der Waals surface area contributed by atoms with E-state index in [2.05, 4.69) is 39.3 Å². The van der Waals surface area contributed by atoms with Gasteiger partial charge in [-0.2, -0.15) is 0 Å². The number of hydrogen-bond donors (Lipinski definition) is 1. The summed E-state index contributed by atoms with van der Waals surface area (Å²) < 4.78 is 7.06. The molecule has 0 saturated heterocycles. The van der Waals surface area contributed by atoms with E-state index in [1.54, 1.807) is 0 Å². The Morgan fingerprint density at radius 2 is 2.50 bits per heavy atom. The maximum absolute atomic E-state index is 4.95. The fourth-order valence-corrected chi connectivity index (χ4v) is 1.22. The lowest BCUT2D eigenvalue weighted by Crippen LogP contribution is -1.98. The first-order valence-electron chi connectivity index (χ1n) is 4.53. The predicted molar refractivity (Wildman–Crippen MR) is 51.7 cm³/mol. The van der Waals surface area contributed by atoms with Crippen LogP contribution in [0.3, 0.4) is 0 Å². The van der Waals surface area contributed by atoms with Crippen LogP contribution in [0.1, 0.15) is 12.5 Å². The molecule has 2 aromatic heterocycles. The number of nitrogens with zero attached hydrogens (tertiary/aromatic N) is 3. The smallest absolute Gasteiger partial charge is 0.315 e. The quantitative estimate of drug-likeness (QED) is 0.797. The van der Waals surface area contributed by atoms with Crippen molar-refractivity contribution < 1.29 is 4.42 Å². The Morgan fingerprint density at radius 1 is 1.57 bits per heavy atom. The molecule has 2 aromatic rings. The van der Waals surface area contributed by atoms with Gasteiger partial charge in [0.2, 0.25) is 6.39 Å². The van der Waals surface area contributed by atoms with Crippen molar-refractivity contribution in [3.05, 3.63) is 30.4 Å². The fraction of sp³-hybridized carbons (Fsp3) is 0.333. The molecule has 0 unspecified atom stereocenters. The Balaban J connectivity index is 1.92. The highest BCUT2D eigenvalue weighted by Gasteiger charge is 1.98. The van der Waals surface area contributed by atoms with Crippen molar-refractivity contribution in [2.45, 2.75) is 20.0 Å². The number of aryl methyl sites for hydroxylation is 1. The van der Waals surface area contributed by atoms with Gasteiger partial charge in [-0.15, -0.1) is 5.10 Å². The maximum atomic E-state index is 4.95. The fourth-order valence-electron chi connectivity index (χ4n) is 1.22. The molecule has 0 aliphatic carbocycles. The molecule has 2 rings (SSSR count). The molecule has 14 heavy (non-hydrogen) atoms. The van der Waals surface area contributed by atoms with E-state index < -0.39 is 0 Å². The highest BCUT2D eigenvalue weighted by atomic mass is 16.4. The molecule has 2 heterocycles. The first kappa shape index (κ1) is 8.80. The molecule has 0 fully saturated rings. The molecule has 0 aliphatic rings. The third-order valence-corrected chi connectivity index (χ3v) is 1.98. The minimum Gasteiger partial charge on any atom is -0.411 e. The van der Waals surface area contributed by atoms with Crippen LogP contribution in [0, 0.1) is 0 Å². The van der Waals surface area contributed by atoms with Gasteiger partial charge in [-0.3, -0.25) is 0 Å². The average Bonchev–Trinajstić information content (AvgIpc) is 2.86. The van der Waals surface area contributed by atoms with Gasteiger partial charge in [0.05, 0.1) is 0 Å². The molecule has 74 valence electrons. The third kappa shape index (κ3) is 1.93. The summed E-state index contributed by atoms with van der Waals surface area (Å²) in [5, 5.41) is 10.3. The van der Waals surface area contributed by atoms with Crippen LogP contribution in [0.4, 0.5) is 6.01 Å². The van der Waals surface area contributed by atoms with Crippen LogP contribution in [-0.2, 0) is 13.1 Å². The van der Waals surface area contributed by atoms with E-state index in [1.807, 2.05) is 6.20 Å². The Morgan fingerprint density at radius 3 is 3.14 bits per heavy atom. The second-order valence-corrected chi connectivity index (χ2v) is 2.95. The Kier molecular flexibility index (Phi) is 2.48. The van der Waals surface area contributed by atoms with E-state index in [-0.39, 0.29) is 0 Å². The third-order valence-electron chi connectivity index (χ3n) is 1.98. The van der Waals surface area contributed by atoms with Gasteiger partial charge in [-0.05, 0) is 18.6 Å². The minimum absolute atomic E-state index is 0.453. The van der Waals surface area contributed by atoms with Crippen molar-refractivity contribution in [3.63, 3.8) is 0 Å². The van der Waals surface area contributed by atoms with Crippen LogP contribution in [0.5, 0.6) is 0 Å². The molecule has 5 heteroatoms. The maximum Gasteiger partial charge on any atom is 0.315 e. The molecule has 1 N–H and O–H groups in total. The molecule has 0 saturated carbocycles. The Hall–Kier alpha value is -1.78. The molecule has 0 bridgehead atoms. The van der Waals surface area contributed by atoms with Crippen LogP contribution in [0.25, 0.3) is 0 Å². The number of anilines is 1. The van der Waals surface area contributed by atoms with Crippen molar-refractivity contribution in [1.82, 2.24) is 14.8 Å². The van der Waals surface area contributed by atoms with Crippen molar-refractivity contribution in [1.29, 1.82) is 0 Å². The van der Waals surface area contributed by atoms with Gasteiger partial charge >= 0.3 is 6.01 Å². The summed E-state index contributed by atoms with van der Waals surface area (Å²) in [5.74, 6) is 0. The van der Waals surface area contributed by atoms with E-state index in [0.29, 0.717) is 12.6 Å². The first-order valence-corrected chi connectivity index (χ1v) is 4.53. The zero-order chi connectivity index (χ0) is 9.80. The highest BCUT2D eigenvalue weighted by molar-refractivity contribution is 5.21. The average molecular weight is 192 g/mol. The Bertz CT molecular complexity index is 379. The lowest BCUT2D eigenvalue weighted by Gasteiger charge is -1.97. The molecule has 5 nitrogen and oxygen atoms in total. The van der Waals surface area contributed by atoms with Gasteiger partial charge in [0.25, 0.3) is 0 Å². The van der Waals surface area contributed by atoms with E-state index in [9.17, 15) is 0 Å². The summed E-state index contributed by atoms with van der Waals surface area (Å²) in [4.78, 5) is 0. The second kappa shape index (κ2) is 3.95. The number of hydrogen-bond acceptors (Lipinski definition) is 4. The van der Waals surface area contributed by atoms with Crippen LogP contribution >= 0.6 is 0 Å². The first-order chi connectivity index (χ1) is 6.88. The zero-order valence-electron chi connectivity index (χ0n) is 7.97. The van der Waals surface area contributed by atoms with Crippen LogP contribution < -0.4 is 5.32 Å². The van der Waals surface area contributed by atoms with Crippen LogP contribution in [-0.4, -0.2) is 14.8 Å². The van der Waals surface area contributed by atoms with Crippen molar-refractivity contribution in [3.8, 4) is 0 Å². The molecule has 0 radical (unpaired) electrons. The number of nitrogens with one attached hydrogen (secondary N) is 1. The van der Waals surface area contributed by atoms with Gasteiger partial charge in [0.1, 0.15) is 0 Å². The standard InChI is InChI=1S/C9H12N4O/c1-2-13-4-3-8(6-13)5-10-9-12-11-7-14-9/h3-4,6-7H,2,5H2,1H3,(H,10,12). The summed E-state index contributed by atoms with van der Waals surface area (Å²) in [6.07, 6.45) is 5.44. The van der Waals surface area contributed by atoms with E-state index in [4.69, 9.17) is 4.42 Å². The Labute approximate surface area is 81.8 Å². The van der Waals surface area contributed by atoms with E-state index >= 15 is 0 Å². The summed E-state index contributed by atoms with van der Waals surface area (Å²) in [5.41, 5.74) is 1.20. The molecule has 0 aliphatic heterocycles. The second-order valence-electron chi connectivity index (χ2n) is 2.95. The zero-order valence-corrected chi connectivity index (χ0v) is 7.97.